The smallest absolute Gasteiger partial charge is 0.214 e. The maximum atomic E-state index is 13.2. The van der Waals surface area contributed by atoms with Crippen LogP contribution in [-0.4, -0.2) is 20.7 Å². The van der Waals surface area contributed by atoms with Crippen LogP contribution in [0.15, 0.2) is 79.0 Å². The molecule has 0 amide bonds. The summed E-state index contributed by atoms with van der Waals surface area (Å²) in [5.74, 6) is -0.101. The van der Waals surface area contributed by atoms with Crippen LogP contribution in [0.3, 0.4) is 0 Å². The van der Waals surface area contributed by atoms with Gasteiger partial charge in [0, 0.05) is 17.0 Å². The number of carbonyl (C=O) groups is 1. The summed E-state index contributed by atoms with van der Waals surface area (Å²) in [7, 11) is 0. The molecule has 3 aromatic heterocycles. The van der Waals surface area contributed by atoms with Gasteiger partial charge in [0.2, 0.25) is 5.78 Å². The van der Waals surface area contributed by atoms with Crippen molar-refractivity contribution in [2.24, 2.45) is 0 Å². The topological polar surface area (TPSA) is 55.7 Å². The second-order valence-electron chi connectivity index (χ2n) is 7.27. The van der Waals surface area contributed by atoms with E-state index in [1.54, 1.807) is 18.3 Å². The fraction of sp³-hybridized carbons (Fsp3) is 0. The Hall–Kier alpha value is -4.18. The average molecular weight is 385 g/mol. The van der Waals surface area contributed by atoms with Crippen molar-refractivity contribution in [3.63, 3.8) is 0 Å². The Morgan fingerprint density at radius 3 is 2.43 bits per heavy atom. The number of hydrogen-bond donors (Lipinski definition) is 0. The van der Waals surface area contributed by atoms with E-state index in [0.717, 1.165) is 32.9 Å². The van der Waals surface area contributed by atoms with Crippen LogP contribution >= 0.6 is 0 Å². The van der Waals surface area contributed by atoms with Crippen LogP contribution in [0.5, 0.6) is 0 Å². The lowest BCUT2D eigenvalue weighted by molar-refractivity contribution is 0.103. The first-order chi connectivity index (χ1) is 14.8. The third kappa shape index (κ3) is 2.47. The summed E-state index contributed by atoms with van der Waals surface area (Å²) in [6.07, 6.45) is 5.74. The molecule has 0 bridgehead atoms. The van der Waals surface area contributed by atoms with Crippen molar-refractivity contribution in [2.75, 3.05) is 0 Å². The second kappa shape index (κ2) is 6.42. The highest BCUT2D eigenvalue weighted by Crippen LogP contribution is 2.39. The number of benzene rings is 2. The van der Waals surface area contributed by atoms with E-state index in [-0.39, 0.29) is 5.78 Å². The zero-order valence-electron chi connectivity index (χ0n) is 15.9. The summed E-state index contributed by atoms with van der Waals surface area (Å²) in [5.41, 5.74) is 5.04. The van der Waals surface area contributed by atoms with Gasteiger partial charge in [-0.05, 0) is 41.3 Å². The van der Waals surface area contributed by atoms with Gasteiger partial charge in [0.25, 0.3) is 0 Å². The predicted octanol–water partition coefficient (Wildman–Crippen LogP) is 5.56. The van der Waals surface area contributed by atoms with Crippen molar-refractivity contribution >= 4 is 39.6 Å². The maximum absolute atomic E-state index is 13.2. The molecular formula is C26H15N3O. The van der Waals surface area contributed by atoms with E-state index in [1.807, 2.05) is 60.7 Å². The summed E-state index contributed by atoms with van der Waals surface area (Å²) in [5, 5.41) is 2.75. The maximum Gasteiger partial charge on any atom is 0.214 e. The molecule has 0 unspecified atom stereocenters. The SMILES string of the molecule is O=C1c2cccnc2-c2nc(/C=C/c3ccccc3)cc3c2c1nc1ccccc13. The van der Waals surface area contributed by atoms with E-state index < -0.39 is 0 Å². The first-order valence-corrected chi connectivity index (χ1v) is 9.76. The summed E-state index contributed by atoms with van der Waals surface area (Å²) in [6, 6.07) is 23.6. The van der Waals surface area contributed by atoms with Crippen LogP contribution in [-0.2, 0) is 0 Å². The molecule has 4 heteroatoms. The number of ketones is 1. The summed E-state index contributed by atoms with van der Waals surface area (Å²) in [4.78, 5) is 27.3. The third-order valence-corrected chi connectivity index (χ3v) is 5.44. The lowest BCUT2D eigenvalue weighted by atomic mass is 9.90. The van der Waals surface area contributed by atoms with Crippen LogP contribution in [0.1, 0.15) is 27.3 Å². The van der Waals surface area contributed by atoms with Crippen LogP contribution in [0.4, 0.5) is 0 Å². The van der Waals surface area contributed by atoms with Gasteiger partial charge < -0.3 is 0 Å². The van der Waals surface area contributed by atoms with Gasteiger partial charge in [-0.1, -0.05) is 54.6 Å². The van der Waals surface area contributed by atoms with Crippen LogP contribution in [0.25, 0.3) is 45.2 Å². The van der Waals surface area contributed by atoms with Gasteiger partial charge in [-0.25, -0.2) is 9.97 Å². The largest absolute Gasteiger partial charge is 0.287 e. The van der Waals surface area contributed by atoms with Gasteiger partial charge in [-0.2, -0.15) is 0 Å². The summed E-state index contributed by atoms with van der Waals surface area (Å²) < 4.78 is 0. The lowest BCUT2D eigenvalue weighted by Gasteiger charge is -2.19. The molecule has 0 atom stereocenters. The van der Waals surface area contributed by atoms with Crippen molar-refractivity contribution in [3.05, 3.63) is 102 Å². The summed E-state index contributed by atoms with van der Waals surface area (Å²) >= 11 is 0. The number of pyridine rings is 3. The number of fused-ring (bicyclic) bond motifs is 4. The van der Waals surface area contributed by atoms with Crippen LogP contribution in [0, 0.1) is 0 Å². The minimum atomic E-state index is -0.101. The van der Waals surface area contributed by atoms with Gasteiger partial charge in [0.1, 0.15) is 17.1 Å². The van der Waals surface area contributed by atoms with Gasteiger partial charge in [-0.3, -0.25) is 9.78 Å². The van der Waals surface area contributed by atoms with Crippen molar-refractivity contribution in [1.82, 2.24) is 15.0 Å². The molecule has 0 N–H and O–H groups in total. The highest BCUT2D eigenvalue weighted by Gasteiger charge is 2.29. The molecule has 3 heterocycles. The Balaban J connectivity index is 1.70. The quantitative estimate of drug-likeness (QED) is 0.366. The Kier molecular flexibility index (Phi) is 3.59. The van der Waals surface area contributed by atoms with E-state index >= 15 is 0 Å². The Morgan fingerprint density at radius 2 is 1.53 bits per heavy atom. The number of carbonyl (C=O) groups excluding carboxylic acids is 1. The zero-order valence-corrected chi connectivity index (χ0v) is 15.9. The molecule has 0 saturated carbocycles. The molecule has 0 aliphatic heterocycles. The van der Waals surface area contributed by atoms with Crippen LogP contribution in [0.2, 0.25) is 0 Å². The van der Waals surface area contributed by atoms with Gasteiger partial charge in [0.05, 0.1) is 16.8 Å². The normalized spacial score (nSPS) is 12.6. The first kappa shape index (κ1) is 16.7. The molecule has 4 nitrogen and oxygen atoms in total. The Morgan fingerprint density at radius 1 is 0.700 bits per heavy atom. The minimum absolute atomic E-state index is 0.101. The molecule has 140 valence electrons. The fourth-order valence-electron chi connectivity index (χ4n) is 4.06. The van der Waals surface area contributed by atoms with Gasteiger partial charge in [0.15, 0.2) is 0 Å². The minimum Gasteiger partial charge on any atom is -0.287 e. The molecule has 1 aliphatic rings. The van der Waals surface area contributed by atoms with Crippen molar-refractivity contribution in [3.8, 4) is 11.4 Å². The zero-order chi connectivity index (χ0) is 20.1. The van der Waals surface area contributed by atoms with E-state index in [1.165, 1.54) is 0 Å². The number of nitrogens with zero attached hydrogens (tertiary/aromatic N) is 3. The molecule has 1 aliphatic carbocycles. The van der Waals surface area contributed by atoms with E-state index in [9.17, 15) is 4.79 Å². The fourth-order valence-corrected chi connectivity index (χ4v) is 4.06. The third-order valence-electron chi connectivity index (χ3n) is 5.44. The van der Waals surface area contributed by atoms with Crippen molar-refractivity contribution in [2.45, 2.75) is 0 Å². The lowest BCUT2D eigenvalue weighted by Crippen LogP contribution is -2.14. The average Bonchev–Trinajstić information content (AvgIpc) is 2.81. The standard InChI is InChI=1S/C26H15N3O/c30-26-19-10-6-14-27-23(19)24-22-20(18-9-4-5-11-21(18)29-25(22)26)15-17(28-24)13-12-16-7-2-1-3-8-16/h1-15H/b13-12+. The number of hydrogen-bond acceptors (Lipinski definition) is 4. The molecule has 0 spiro atoms. The summed E-state index contributed by atoms with van der Waals surface area (Å²) in [6.45, 7) is 0. The number of aromatic nitrogens is 3. The van der Waals surface area contributed by atoms with E-state index in [4.69, 9.17) is 9.97 Å². The molecular weight excluding hydrogens is 370 g/mol. The number of para-hydroxylation sites is 1. The number of rotatable bonds is 2. The first-order valence-electron chi connectivity index (χ1n) is 9.76. The Labute approximate surface area is 172 Å². The van der Waals surface area contributed by atoms with Crippen molar-refractivity contribution in [1.29, 1.82) is 0 Å². The van der Waals surface area contributed by atoms with Crippen molar-refractivity contribution < 1.29 is 4.79 Å². The molecule has 6 rings (SSSR count). The molecule has 2 aromatic carbocycles. The molecule has 5 aromatic rings. The Bertz CT molecular complexity index is 1500. The second-order valence-corrected chi connectivity index (χ2v) is 7.27. The van der Waals surface area contributed by atoms with E-state index in [0.29, 0.717) is 22.6 Å². The molecule has 0 fully saturated rings. The molecule has 0 radical (unpaired) electrons. The molecule has 0 saturated heterocycles. The van der Waals surface area contributed by atoms with E-state index in [2.05, 4.69) is 17.1 Å². The van der Waals surface area contributed by atoms with Gasteiger partial charge in [-0.15, -0.1) is 0 Å². The highest BCUT2D eigenvalue weighted by atomic mass is 16.1. The van der Waals surface area contributed by atoms with Gasteiger partial charge >= 0.3 is 0 Å². The molecule has 30 heavy (non-hydrogen) atoms. The predicted molar refractivity (Wildman–Crippen MR) is 119 cm³/mol. The highest BCUT2D eigenvalue weighted by molar-refractivity contribution is 6.27. The monoisotopic (exact) mass is 385 g/mol. The van der Waals surface area contributed by atoms with Crippen LogP contribution < -0.4 is 0 Å².